The molecule has 0 unspecified atom stereocenters. The maximum atomic E-state index is 6.73. The standard InChI is InChI=1S/C64H37N3O2S/c1-3-16-40(17-4-1)64(41-18-5-2-6-19-41)50-26-10-7-21-44(50)58-42(23-13-27-51(58)64)38-32-34-53-49(36-38)60-47(25-15-30-55(60)69-53)63-66-61(39-33-35-57-48(37-39)43-20-9-12-31-56(43)70-57)65-62(67-63)46-24-14-29-54-59(46)45-22-8-11-28-52(45)68-54/h1-37H. The van der Waals surface area contributed by atoms with Gasteiger partial charge >= 0.3 is 0 Å². The summed E-state index contributed by atoms with van der Waals surface area (Å²) < 4.78 is 15.6. The fraction of sp³-hybridized carbons (Fsp3) is 0.0156. The van der Waals surface area contributed by atoms with Crippen molar-refractivity contribution < 1.29 is 8.83 Å². The first-order valence-corrected chi connectivity index (χ1v) is 24.4. The lowest BCUT2D eigenvalue weighted by Gasteiger charge is -2.34. The van der Waals surface area contributed by atoms with Crippen LogP contribution in [0.4, 0.5) is 0 Å². The molecular weight excluding hydrogens is 875 g/mol. The molecule has 326 valence electrons. The van der Waals surface area contributed by atoms with Gasteiger partial charge < -0.3 is 8.83 Å². The molecule has 1 aliphatic rings. The van der Waals surface area contributed by atoms with Crippen LogP contribution in [0, 0.1) is 0 Å². The van der Waals surface area contributed by atoms with Crippen LogP contribution >= 0.6 is 11.3 Å². The van der Waals surface area contributed by atoms with Gasteiger partial charge in [0.1, 0.15) is 22.3 Å². The third kappa shape index (κ3) is 5.62. The van der Waals surface area contributed by atoms with E-state index in [-0.39, 0.29) is 0 Å². The predicted octanol–water partition coefficient (Wildman–Crippen LogP) is 17.1. The summed E-state index contributed by atoms with van der Waals surface area (Å²) >= 11 is 1.80. The van der Waals surface area contributed by atoms with Gasteiger partial charge in [0.2, 0.25) is 0 Å². The molecular formula is C64H37N3O2S. The average molecular weight is 912 g/mol. The number of aromatic nitrogens is 3. The lowest BCUT2D eigenvalue weighted by Crippen LogP contribution is -2.28. The summed E-state index contributed by atoms with van der Waals surface area (Å²) in [6, 6.07) is 79.9. The van der Waals surface area contributed by atoms with E-state index in [1.807, 2.05) is 42.5 Å². The molecule has 4 aromatic heterocycles. The highest BCUT2D eigenvalue weighted by Crippen LogP contribution is 2.58. The van der Waals surface area contributed by atoms with Crippen molar-refractivity contribution in [3.8, 4) is 56.4 Å². The van der Waals surface area contributed by atoms with Crippen LogP contribution in [0.3, 0.4) is 0 Å². The second-order valence-electron chi connectivity index (χ2n) is 18.1. The van der Waals surface area contributed by atoms with Crippen LogP contribution in [0.1, 0.15) is 22.3 Å². The van der Waals surface area contributed by atoms with Gasteiger partial charge in [-0.2, -0.15) is 0 Å². The van der Waals surface area contributed by atoms with Crippen LogP contribution in [-0.2, 0) is 5.41 Å². The minimum Gasteiger partial charge on any atom is -0.456 e. The summed E-state index contributed by atoms with van der Waals surface area (Å²) in [6.07, 6.45) is 0. The third-order valence-corrected chi connectivity index (χ3v) is 15.6. The van der Waals surface area contributed by atoms with E-state index < -0.39 is 5.41 Å². The highest BCUT2D eigenvalue weighted by atomic mass is 32.1. The minimum absolute atomic E-state index is 0.508. The Kier molecular flexibility index (Phi) is 8.38. The topological polar surface area (TPSA) is 65.0 Å². The Bertz CT molecular complexity index is 4390. The summed E-state index contributed by atoms with van der Waals surface area (Å²) in [6.45, 7) is 0. The normalized spacial score (nSPS) is 13.0. The third-order valence-electron chi connectivity index (χ3n) is 14.4. The SMILES string of the molecule is c1ccc(C2(c3ccccc3)c3ccccc3-c3c(-c4ccc5oc6cccc(-c7nc(-c8ccc9sc%10ccccc%10c9c8)nc(-c8cccc9oc%10ccccc%10c89)n7)c6c5c4)cccc32)cc1. The van der Waals surface area contributed by atoms with E-state index in [2.05, 4.69) is 182 Å². The first-order valence-electron chi connectivity index (χ1n) is 23.6. The lowest BCUT2D eigenvalue weighted by molar-refractivity contribution is 0.668. The Hall–Kier alpha value is -8.97. The summed E-state index contributed by atoms with van der Waals surface area (Å²) in [5.41, 5.74) is 15.0. The molecule has 0 N–H and O–H groups in total. The Morgan fingerprint density at radius 1 is 0.329 bits per heavy atom. The molecule has 0 saturated heterocycles. The molecule has 14 aromatic rings. The summed E-state index contributed by atoms with van der Waals surface area (Å²) in [5, 5.41) is 6.32. The number of para-hydroxylation sites is 1. The Morgan fingerprint density at radius 2 is 0.843 bits per heavy atom. The van der Waals surface area contributed by atoms with E-state index in [0.29, 0.717) is 17.5 Å². The molecule has 0 aliphatic heterocycles. The molecule has 70 heavy (non-hydrogen) atoms. The molecule has 15 rings (SSSR count). The fourth-order valence-electron chi connectivity index (χ4n) is 11.5. The van der Waals surface area contributed by atoms with Gasteiger partial charge in [-0.25, -0.2) is 15.0 Å². The molecule has 0 amide bonds. The second kappa shape index (κ2) is 15.0. The maximum absolute atomic E-state index is 6.73. The van der Waals surface area contributed by atoms with Gasteiger partial charge in [-0.15, -0.1) is 11.3 Å². The molecule has 0 fully saturated rings. The first-order chi connectivity index (χ1) is 34.7. The van der Waals surface area contributed by atoms with E-state index in [4.69, 9.17) is 23.8 Å². The fourth-order valence-corrected chi connectivity index (χ4v) is 12.6. The van der Waals surface area contributed by atoms with E-state index in [1.54, 1.807) is 11.3 Å². The molecule has 1 aliphatic carbocycles. The van der Waals surface area contributed by atoms with Gasteiger partial charge in [-0.1, -0.05) is 170 Å². The molecule has 0 atom stereocenters. The lowest BCUT2D eigenvalue weighted by atomic mass is 9.67. The highest BCUT2D eigenvalue weighted by molar-refractivity contribution is 7.25. The summed E-state index contributed by atoms with van der Waals surface area (Å²) in [4.78, 5) is 16.1. The molecule has 4 heterocycles. The number of rotatable bonds is 6. The van der Waals surface area contributed by atoms with Crippen molar-refractivity contribution in [1.82, 2.24) is 15.0 Å². The molecule has 0 radical (unpaired) electrons. The second-order valence-corrected chi connectivity index (χ2v) is 19.2. The minimum atomic E-state index is -0.508. The number of hydrogen-bond acceptors (Lipinski definition) is 6. The molecule has 0 bridgehead atoms. The number of fused-ring (bicyclic) bond motifs is 12. The smallest absolute Gasteiger partial charge is 0.164 e. The summed E-state index contributed by atoms with van der Waals surface area (Å²) in [7, 11) is 0. The van der Waals surface area contributed by atoms with Crippen LogP contribution in [0.15, 0.2) is 233 Å². The van der Waals surface area contributed by atoms with E-state index in [0.717, 1.165) is 71.7 Å². The monoisotopic (exact) mass is 911 g/mol. The van der Waals surface area contributed by atoms with Crippen molar-refractivity contribution >= 4 is 75.4 Å². The van der Waals surface area contributed by atoms with Crippen molar-refractivity contribution in [2.24, 2.45) is 0 Å². The predicted molar refractivity (Wildman–Crippen MR) is 286 cm³/mol. The quantitative estimate of drug-likeness (QED) is 0.166. The Morgan fingerprint density at radius 3 is 1.60 bits per heavy atom. The zero-order chi connectivity index (χ0) is 45.9. The van der Waals surface area contributed by atoms with Crippen molar-refractivity contribution in [1.29, 1.82) is 0 Å². The first kappa shape index (κ1) is 39.1. The van der Waals surface area contributed by atoms with Crippen LogP contribution in [0.5, 0.6) is 0 Å². The van der Waals surface area contributed by atoms with Crippen LogP contribution in [-0.4, -0.2) is 15.0 Å². The van der Waals surface area contributed by atoms with Crippen molar-refractivity contribution in [3.63, 3.8) is 0 Å². The van der Waals surface area contributed by atoms with Crippen molar-refractivity contribution in [2.45, 2.75) is 5.41 Å². The zero-order valence-electron chi connectivity index (χ0n) is 37.4. The van der Waals surface area contributed by atoms with E-state index >= 15 is 0 Å². The van der Waals surface area contributed by atoms with Gasteiger partial charge in [0.15, 0.2) is 17.5 Å². The van der Waals surface area contributed by atoms with Gasteiger partial charge in [0, 0.05) is 58.4 Å². The average Bonchev–Trinajstić information content (AvgIpc) is 4.19. The van der Waals surface area contributed by atoms with E-state index in [9.17, 15) is 0 Å². The maximum Gasteiger partial charge on any atom is 0.164 e. The Labute approximate surface area is 405 Å². The van der Waals surface area contributed by atoms with Crippen molar-refractivity contribution in [2.75, 3.05) is 0 Å². The summed E-state index contributed by atoms with van der Waals surface area (Å²) in [5.74, 6) is 1.71. The number of nitrogens with zero attached hydrogens (tertiary/aromatic N) is 3. The van der Waals surface area contributed by atoms with Crippen LogP contribution < -0.4 is 0 Å². The van der Waals surface area contributed by atoms with Crippen LogP contribution in [0.2, 0.25) is 0 Å². The highest BCUT2D eigenvalue weighted by Gasteiger charge is 2.46. The largest absolute Gasteiger partial charge is 0.456 e. The Balaban J connectivity index is 0.961. The van der Waals surface area contributed by atoms with Gasteiger partial charge in [-0.05, 0) is 99.1 Å². The molecule has 10 aromatic carbocycles. The number of furan rings is 2. The van der Waals surface area contributed by atoms with Gasteiger partial charge in [0.05, 0.1) is 5.41 Å². The molecule has 0 saturated carbocycles. The zero-order valence-corrected chi connectivity index (χ0v) is 38.2. The van der Waals surface area contributed by atoms with Gasteiger partial charge in [0.25, 0.3) is 0 Å². The van der Waals surface area contributed by atoms with Crippen LogP contribution in [0.25, 0.3) is 120 Å². The van der Waals surface area contributed by atoms with E-state index in [1.165, 1.54) is 53.6 Å². The number of hydrogen-bond donors (Lipinski definition) is 0. The van der Waals surface area contributed by atoms with Crippen molar-refractivity contribution in [3.05, 3.63) is 247 Å². The number of benzene rings is 10. The number of thiophene rings is 1. The molecule has 6 heteroatoms. The molecule has 0 spiro atoms. The van der Waals surface area contributed by atoms with Gasteiger partial charge in [-0.3, -0.25) is 0 Å². The molecule has 5 nitrogen and oxygen atoms in total.